The fourth-order valence-electron chi connectivity index (χ4n) is 5.02. The molecule has 4 rings (SSSR count). The summed E-state index contributed by atoms with van der Waals surface area (Å²) in [7, 11) is 1.62. The van der Waals surface area contributed by atoms with E-state index < -0.39 is 17.7 Å². The van der Waals surface area contributed by atoms with Crippen molar-refractivity contribution in [2.45, 2.75) is 59.4 Å². The lowest BCUT2D eigenvalue weighted by Crippen LogP contribution is -2.29. The summed E-state index contributed by atoms with van der Waals surface area (Å²) in [6, 6.07) is 17.9. The van der Waals surface area contributed by atoms with Crippen LogP contribution in [0.25, 0.3) is 5.76 Å². The smallest absolute Gasteiger partial charge is 0.300 e. The van der Waals surface area contributed by atoms with Crippen LogP contribution in [0.1, 0.15) is 73.9 Å². The number of Topliss-reactive ketones (excluding diaryl/α,β-unsaturated/α-hetero) is 1. The zero-order chi connectivity index (χ0) is 28.3. The standard InChI is InChI=1S/C33H37NO5/c1-7-16-39-25-11-9-10-24(18-25)34-30(23-14-12-22(8-2)13-15-23)29(32(36)33(34)37)31(35)27-19-26(20(3)4)28(38-6)17-21(27)5/h9-15,17-20,30,35H,7-8,16H2,1-6H3/b31-29+. The maximum Gasteiger partial charge on any atom is 0.300 e. The molecule has 1 atom stereocenters. The molecule has 1 unspecified atom stereocenters. The third kappa shape index (κ3) is 5.42. The highest BCUT2D eigenvalue weighted by atomic mass is 16.5. The van der Waals surface area contributed by atoms with Crippen molar-refractivity contribution in [1.29, 1.82) is 0 Å². The van der Waals surface area contributed by atoms with Gasteiger partial charge in [-0.15, -0.1) is 0 Å². The van der Waals surface area contributed by atoms with Gasteiger partial charge in [0.2, 0.25) is 0 Å². The van der Waals surface area contributed by atoms with E-state index in [1.807, 2.05) is 70.2 Å². The minimum atomic E-state index is -0.804. The summed E-state index contributed by atoms with van der Waals surface area (Å²) in [5.41, 5.74) is 4.63. The van der Waals surface area contributed by atoms with Gasteiger partial charge < -0.3 is 14.6 Å². The highest BCUT2D eigenvalue weighted by molar-refractivity contribution is 6.51. The Bertz CT molecular complexity index is 1400. The lowest BCUT2D eigenvalue weighted by atomic mass is 9.90. The highest BCUT2D eigenvalue weighted by Crippen LogP contribution is 2.44. The SMILES string of the molecule is CCCOc1cccc(N2C(=O)C(=O)/C(=C(/O)c3cc(C(C)C)c(OC)cc3C)C2c2ccc(CC)cc2)c1. The van der Waals surface area contributed by atoms with E-state index in [9.17, 15) is 14.7 Å². The predicted octanol–water partition coefficient (Wildman–Crippen LogP) is 7.10. The van der Waals surface area contributed by atoms with E-state index in [1.54, 1.807) is 25.3 Å². The molecule has 1 aliphatic heterocycles. The van der Waals surface area contributed by atoms with Gasteiger partial charge in [0.25, 0.3) is 11.7 Å². The van der Waals surface area contributed by atoms with Crippen LogP contribution in [0.15, 0.2) is 66.2 Å². The molecule has 3 aromatic rings. The average Bonchev–Trinajstić information content (AvgIpc) is 3.21. The largest absolute Gasteiger partial charge is 0.507 e. The monoisotopic (exact) mass is 527 g/mol. The summed E-state index contributed by atoms with van der Waals surface area (Å²) in [6.07, 6.45) is 1.71. The van der Waals surface area contributed by atoms with E-state index in [0.717, 1.165) is 40.8 Å². The van der Waals surface area contributed by atoms with Gasteiger partial charge in [0.05, 0.1) is 25.3 Å². The lowest BCUT2D eigenvalue weighted by Gasteiger charge is -2.26. The Kier molecular flexibility index (Phi) is 8.44. The molecule has 0 saturated carbocycles. The number of carbonyl (C=O) groups is 2. The number of rotatable bonds is 9. The normalized spacial score (nSPS) is 16.7. The molecule has 1 saturated heterocycles. The molecular formula is C33H37NO5. The van der Waals surface area contributed by atoms with Crippen molar-refractivity contribution in [3.05, 3.63) is 94.1 Å². The summed E-state index contributed by atoms with van der Waals surface area (Å²) in [5, 5.41) is 11.7. The summed E-state index contributed by atoms with van der Waals surface area (Å²) in [6.45, 7) is 10.6. The molecule has 0 aromatic heterocycles. The van der Waals surface area contributed by atoms with Gasteiger partial charge in [0.1, 0.15) is 17.3 Å². The van der Waals surface area contributed by atoms with Crippen molar-refractivity contribution in [2.24, 2.45) is 0 Å². The molecular weight excluding hydrogens is 490 g/mol. The second-order valence-corrected chi connectivity index (χ2v) is 10.2. The van der Waals surface area contributed by atoms with Crippen molar-refractivity contribution in [3.63, 3.8) is 0 Å². The van der Waals surface area contributed by atoms with Crippen molar-refractivity contribution in [3.8, 4) is 11.5 Å². The van der Waals surface area contributed by atoms with Crippen LogP contribution in [0.5, 0.6) is 11.5 Å². The zero-order valence-corrected chi connectivity index (χ0v) is 23.6. The molecule has 3 aromatic carbocycles. The molecule has 1 fully saturated rings. The average molecular weight is 528 g/mol. The van der Waals surface area contributed by atoms with Crippen LogP contribution in [0.4, 0.5) is 5.69 Å². The number of carbonyl (C=O) groups excluding carboxylic acids is 2. The number of ether oxygens (including phenoxy) is 2. The number of aliphatic hydroxyl groups is 1. The number of hydrogen-bond acceptors (Lipinski definition) is 5. The minimum absolute atomic E-state index is 0.0621. The molecule has 1 heterocycles. The molecule has 1 amide bonds. The molecule has 6 nitrogen and oxygen atoms in total. The molecule has 0 aliphatic carbocycles. The molecule has 6 heteroatoms. The highest BCUT2D eigenvalue weighted by Gasteiger charge is 2.47. The van der Waals surface area contributed by atoms with Crippen molar-refractivity contribution < 1.29 is 24.2 Å². The quantitative estimate of drug-likeness (QED) is 0.182. The van der Waals surface area contributed by atoms with Crippen LogP contribution in [0.2, 0.25) is 0 Å². The molecule has 0 radical (unpaired) electrons. The first-order valence-electron chi connectivity index (χ1n) is 13.5. The first kappa shape index (κ1) is 28.0. The number of amides is 1. The van der Waals surface area contributed by atoms with Crippen molar-refractivity contribution in [2.75, 3.05) is 18.6 Å². The van der Waals surface area contributed by atoms with Gasteiger partial charge in [-0.05, 0) is 72.2 Å². The van der Waals surface area contributed by atoms with Gasteiger partial charge in [-0.2, -0.15) is 0 Å². The lowest BCUT2D eigenvalue weighted by molar-refractivity contribution is -0.132. The number of nitrogens with zero attached hydrogens (tertiary/aromatic N) is 1. The fourth-order valence-corrected chi connectivity index (χ4v) is 5.02. The molecule has 39 heavy (non-hydrogen) atoms. The van der Waals surface area contributed by atoms with Gasteiger partial charge >= 0.3 is 0 Å². The first-order chi connectivity index (χ1) is 18.7. The Balaban J connectivity index is 1.94. The van der Waals surface area contributed by atoms with Crippen molar-refractivity contribution in [1.82, 2.24) is 0 Å². The number of aryl methyl sites for hydroxylation is 2. The molecule has 204 valence electrons. The first-order valence-corrected chi connectivity index (χ1v) is 13.5. The Morgan fingerprint density at radius 2 is 1.74 bits per heavy atom. The van der Waals surface area contributed by atoms with E-state index in [-0.39, 0.29) is 17.3 Å². The van der Waals surface area contributed by atoms with Gasteiger partial charge in [-0.1, -0.05) is 58.0 Å². The fraction of sp³-hybridized carbons (Fsp3) is 0.333. The zero-order valence-electron chi connectivity index (χ0n) is 23.6. The molecule has 1 aliphatic rings. The molecule has 1 N–H and O–H groups in total. The van der Waals surface area contributed by atoms with Crippen LogP contribution < -0.4 is 14.4 Å². The van der Waals surface area contributed by atoms with E-state index >= 15 is 0 Å². The number of aliphatic hydroxyl groups excluding tert-OH is 1. The summed E-state index contributed by atoms with van der Waals surface area (Å²) < 4.78 is 11.4. The van der Waals surface area contributed by atoms with Crippen LogP contribution >= 0.6 is 0 Å². The van der Waals surface area contributed by atoms with Gasteiger partial charge in [-0.3, -0.25) is 14.5 Å². The topological polar surface area (TPSA) is 76.1 Å². The number of ketones is 1. The van der Waals surface area contributed by atoms with Crippen LogP contribution in [-0.4, -0.2) is 30.5 Å². The maximum atomic E-state index is 13.7. The Morgan fingerprint density at radius 1 is 1.03 bits per heavy atom. The third-order valence-electron chi connectivity index (χ3n) is 7.17. The number of hydrogen-bond donors (Lipinski definition) is 1. The summed E-state index contributed by atoms with van der Waals surface area (Å²) in [4.78, 5) is 28.7. The van der Waals surface area contributed by atoms with E-state index in [4.69, 9.17) is 9.47 Å². The van der Waals surface area contributed by atoms with E-state index in [0.29, 0.717) is 23.6 Å². The molecule has 0 bridgehead atoms. The third-order valence-corrected chi connectivity index (χ3v) is 7.17. The van der Waals surface area contributed by atoms with Crippen LogP contribution in [0.3, 0.4) is 0 Å². The second kappa shape index (κ2) is 11.8. The Morgan fingerprint density at radius 3 is 2.36 bits per heavy atom. The van der Waals surface area contributed by atoms with Crippen LogP contribution in [-0.2, 0) is 16.0 Å². The predicted molar refractivity (Wildman–Crippen MR) is 155 cm³/mol. The molecule has 0 spiro atoms. The Labute approximate surface area is 230 Å². The van der Waals surface area contributed by atoms with E-state index in [1.165, 1.54) is 4.90 Å². The van der Waals surface area contributed by atoms with Crippen LogP contribution in [0, 0.1) is 6.92 Å². The van der Waals surface area contributed by atoms with Gasteiger partial charge in [-0.25, -0.2) is 0 Å². The van der Waals surface area contributed by atoms with Crippen molar-refractivity contribution >= 4 is 23.1 Å². The number of benzene rings is 3. The van der Waals surface area contributed by atoms with Gasteiger partial charge in [0.15, 0.2) is 0 Å². The minimum Gasteiger partial charge on any atom is -0.507 e. The maximum absolute atomic E-state index is 13.7. The van der Waals surface area contributed by atoms with Gasteiger partial charge in [0, 0.05) is 17.3 Å². The summed E-state index contributed by atoms with van der Waals surface area (Å²) in [5.74, 6) is -0.153. The second-order valence-electron chi connectivity index (χ2n) is 10.2. The number of methoxy groups -OCH3 is 1. The Hall–Kier alpha value is -4.06. The summed E-state index contributed by atoms with van der Waals surface area (Å²) >= 11 is 0. The number of anilines is 1. The van der Waals surface area contributed by atoms with E-state index in [2.05, 4.69) is 6.92 Å².